The van der Waals surface area contributed by atoms with Crippen molar-refractivity contribution >= 4 is 0 Å². The lowest BCUT2D eigenvalue weighted by Gasteiger charge is -2.33. The summed E-state index contributed by atoms with van der Waals surface area (Å²) in [5.41, 5.74) is 1.26. The third-order valence-electron chi connectivity index (χ3n) is 3.18. The summed E-state index contributed by atoms with van der Waals surface area (Å²) in [6.45, 7) is 5.89. The van der Waals surface area contributed by atoms with Crippen LogP contribution in [0.1, 0.15) is 18.5 Å². The maximum atomic E-state index is 5.40. The van der Waals surface area contributed by atoms with Crippen molar-refractivity contribution in [3.63, 3.8) is 0 Å². The number of benzene rings is 1. The Morgan fingerprint density at radius 2 is 1.94 bits per heavy atom. The van der Waals surface area contributed by atoms with Crippen molar-refractivity contribution in [2.45, 2.75) is 13.0 Å². The maximum absolute atomic E-state index is 5.40. The van der Waals surface area contributed by atoms with E-state index in [-0.39, 0.29) is 0 Å². The van der Waals surface area contributed by atoms with Crippen LogP contribution in [0.2, 0.25) is 0 Å². The predicted molar refractivity (Wildman–Crippen MR) is 63.8 cm³/mol. The number of morpholine rings is 1. The van der Waals surface area contributed by atoms with Crippen LogP contribution in [0.5, 0.6) is 5.75 Å². The number of hydrogen-bond acceptors (Lipinski definition) is 3. The molecule has 2 rings (SSSR count). The summed E-state index contributed by atoms with van der Waals surface area (Å²) in [6.07, 6.45) is 0. The standard InChI is InChI=1S/C13H19NO2/c1-11(14-7-9-16-10-8-14)12-5-3-4-6-13(12)15-2/h3-6,11H,7-10H2,1-2H3. The van der Waals surface area contributed by atoms with Gasteiger partial charge >= 0.3 is 0 Å². The molecule has 0 amide bonds. The van der Waals surface area contributed by atoms with Gasteiger partial charge in [-0.3, -0.25) is 4.90 Å². The number of rotatable bonds is 3. The average Bonchev–Trinajstić information content (AvgIpc) is 2.39. The highest BCUT2D eigenvalue weighted by Gasteiger charge is 2.20. The first kappa shape index (κ1) is 11.4. The third-order valence-corrected chi connectivity index (χ3v) is 3.18. The fraction of sp³-hybridized carbons (Fsp3) is 0.538. The largest absolute Gasteiger partial charge is 0.496 e. The molecule has 0 aromatic heterocycles. The van der Waals surface area contributed by atoms with E-state index in [4.69, 9.17) is 9.47 Å². The Kier molecular flexibility index (Phi) is 3.80. The average molecular weight is 221 g/mol. The molecule has 1 saturated heterocycles. The SMILES string of the molecule is COc1ccccc1C(C)N1CCOCC1. The molecule has 3 nitrogen and oxygen atoms in total. The van der Waals surface area contributed by atoms with Gasteiger partial charge in [-0.1, -0.05) is 18.2 Å². The Balaban J connectivity index is 2.15. The topological polar surface area (TPSA) is 21.7 Å². The van der Waals surface area contributed by atoms with Gasteiger partial charge in [0.2, 0.25) is 0 Å². The molecule has 0 N–H and O–H groups in total. The van der Waals surface area contributed by atoms with Gasteiger partial charge in [-0.2, -0.15) is 0 Å². The van der Waals surface area contributed by atoms with Gasteiger partial charge < -0.3 is 9.47 Å². The number of para-hydroxylation sites is 1. The lowest BCUT2D eigenvalue weighted by atomic mass is 10.1. The molecule has 0 aliphatic carbocycles. The van der Waals surface area contributed by atoms with Crippen LogP contribution < -0.4 is 4.74 Å². The molecule has 0 spiro atoms. The monoisotopic (exact) mass is 221 g/mol. The van der Waals surface area contributed by atoms with Crippen LogP contribution in [0.25, 0.3) is 0 Å². The molecule has 1 fully saturated rings. The smallest absolute Gasteiger partial charge is 0.123 e. The van der Waals surface area contributed by atoms with E-state index in [1.165, 1.54) is 5.56 Å². The van der Waals surface area contributed by atoms with Crippen molar-refractivity contribution in [2.75, 3.05) is 33.4 Å². The van der Waals surface area contributed by atoms with E-state index in [0.29, 0.717) is 6.04 Å². The molecule has 1 aromatic carbocycles. The van der Waals surface area contributed by atoms with Gasteiger partial charge in [0.1, 0.15) is 5.75 Å². The minimum atomic E-state index is 0.389. The molecule has 3 heteroatoms. The lowest BCUT2D eigenvalue weighted by Crippen LogP contribution is -2.38. The molecular formula is C13H19NO2. The maximum Gasteiger partial charge on any atom is 0.123 e. The second kappa shape index (κ2) is 5.32. The summed E-state index contributed by atoms with van der Waals surface area (Å²) < 4.78 is 10.8. The Hall–Kier alpha value is -1.06. The molecule has 1 aromatic rings. The van der Waals surface area contributed by atoms with Gasteiger partial charge in [0.15, 0.2) is 0 Å². The predicted octanol–water partition coefficient (Wildman–Crippen LogP) is 2.09. The van der Waals surface area contributed by atoms with Crippen LogP contribution in [0.15, 0.2) is 24.3 Å². The van der Waals surface area contributed by atoms with E-state index in [2.05, 4.69) is 24.0 Å². The highest BCUT2D eigenvalue weighted by molar-refractivity contribution is 5.35. The minimum absolute atomic E-state index is 0.389. The summed E-state index contributed by atoms with van der Waals surface area (Å²) in [6, 6.07) is 8.62. The number of nitrogens with zero attached hydrogens (tertiary/aromatic N) is 1. The van der Waals surface area contributed by atoms with Crippen molar-refractivity contribution in [1.29, 1.82) is 0 Å². The highest BCUT2D eigenvalue weighted by atomic mass is 16.5. The molecule has 88 valence electrons. The van der Waals surface area contributed by atoms with Gasteiger partial charge in [0.05, 0.1) is 20.3 Å². The zero-order valence-corrected chi connectivity index (χ0v) is 9.98. The Morgan fingerprint density at radius 3 is 2.62 bits per heavy atom. The molecule has 1 unspecified atom stereocenters. The van der Waals surface area contributed by atoms with Gasteiger partial charge in [0, 0.05) is 24.7 Å². The van der Waals surface area contributed by atoms with Crippen molar-refractivity contribution in [1.82, 2.24) is 4.90 Å². The quantitative estimate of drug-likeness (QED) is 0.780. The van der Waals surface area contributed by atoms with Crippen LogP contribution in [0, 0.1) is 0 Å². The van der Waals surface area contributed by atoms with Crippen molar-refractivity contribution in [3.8, 4) is 5.75 Å². The molecule has 0 bridgehead atoms. The first-order valence-electron chi connectivity index (χ1n) is 5.77. The molecule has 1 atom stereocenters. The van der Waals surface area contributed by atoms with E-state index in [0.717, 1.165) is 32.1 Å². The zero-order valence-electron chi connectivity index (χ0n) is 9.98. The zero-order chi connectivity index (χ0) is 11.4. The van der Waals surface area contributed by atoms with Crippen LogP contribution in [-0.2, 0) is 4.74 Å². The van der Waals surface area contributed by atoms with E-state index in [1.54, 1.807) is 7.11 Å². The minimum Gasteiger partial charge on any atom is -0.496 e. The second-order valence-electron chi connectivity index (χ2n) is 4.07. The molecular weight excluding hydrogens is 202 g/mol. The van der Waals surface area contributed by atoms with E-state index in [9.17, 15) is 0 Å². The fourth-order valence-corrected chi connectivity index (χ4v) is 2.17. The molecule has 0 radical (unpaired) electrons. The number of methoxy groups -OCH3 is 1. The first-order valence-corrected chi connectivity index (χ1v) is 5.77. The van der Waals surface area contributed by atoms with E-state index >= 15 is 0 Å². The van der Waals surface area contributed by atoms with Crippen LogP contribution in [0.3, 0.4) is 0 Å². The Bertz CT molecular complexity index is 334. The van der Waals surface area contributed by atoms with Crippen molar-refractivity contribution in [2.24, 2.45) is 0 Å². The number of ether oxygens (including phenoxy) is 2. The Morgan fingerprint density at radius 1 is 1.25 bits per heavy atom. The number of hydrogen-bond donors (Lipinski definition) is 0. The van der Waals surface area contributed by atoms with E-state index in [1.807, 2.05) is 12.1 Å². The summed E-state index contributed by atoms with van der Waals surface area (Å²) in [4.78, 5) is 2.43. The van der Waals surface area contributed by atoms with Crippen LogP contribution >= 0.6 is 0 Å². The molecule has 16 heavy (non-hydrogen) atoms. The summed E-state index contributed by atoms with van der Waals surface area (Å²) in [5, 5.41) is 0. The molecule has 1 aliphatic rings. The van der Waals surface area contributed by atoms with Crippen molar-refractivity contribution < 1.29 is 9.47 Å². The lowest BCUT2D eigenvalue weighted by molar-refractivity contribution is 0.0194. The van der Waals surface area contributed by atoms with Crippen molar-refractivity contribution in [3.05, 3.63) is 29.8 Å². The van der Waals surface area contributed by atoms with Gasteiger partial charge in [-0.15, -0.1) is 0 Å². The van der Waals surface area contributed by atoms with Gasteiger partial charge in [0.25, 0.3) is 0 Å². The Labute approximate surface area is 97.0 Å². The summed E-state index contributed by atoms with van der Waals surface area (Å²) in [5.74, 6) is 0.974. The van der Waals surface area contributed by atoms with Gasteiger partial charge in [-0.05, 0) is 13.0 Å². The first-order chi connectivity index (χ1) is 7.83. The molecule has 1 aliphatic heterocycles. The highest BCUT2D eigenvalue weighted by Crippen LogP contribution is 2.29. The normalized spacial score (nSPS) is 19.4. The van der Waals surface area contributed by atoms with Gasteiger partial charge in [-0.25, -0.2) is 0 Å². The summed E-state index contributed by atoms with van der Waals surface area (Å²) >= 11 is 0. The summed E-state index contributed by atoms with van der Waals surface area (Å²) in [7, 11) is 1.73. The third kappa shape index (κ3) is 2.36. The van der Waals surface area contributed by atoms with Crippen LogP contribution in [-0.4, -0.2) is 38.3 Å². The van der Waals surface area contributed by atoms with Crippen LogP contribution in [0.4, 0.5) is 0 Å². The second-order valence-corrected chi connectivity index (χ2v) is 4.07. The molecule has 1 heterocycles. The fourth-order valence-electron chi connectivity index (χ4n) is 2.17. The molecule has 0 saturated carbocycles. The van der Waals surface area contributed by atoms with E-state index < -0.39 is 0 Å².